The molecule has 0 saturated heterocycles. The van der Waals surface area contributed by atoms with Gasteiger partial charge in [0.25, 0.3) is 0 Å². The van der Waals surface area contributed by atoms with Crippen molar-refractivity contribution in [3.05, 3.63) is 45.7 Å². The smallest absolute Gasteiger partial charge is 0.131 e. The highest BCUT2D eigenvalue weighted by atomic mass is 32.1. The van der Waals surface area contributed by atoms with E-state index in [0.717, 1.165) is 17.1 Å². The molecule has 0 aliphatic rings. The lowest BCUT2D eigenvalue weighted by atomic mass is 10.2. The van der Waals surface area contributed by atoms with Crippen LogP contribution in [0.25, 0.3) is 0 Å². The SMILES string of the molecule is CCc1nc(COc2ccc(F)cc2CN)cs1. The third-order valence-corrected chi connectivity index (χ3v) is 3.56. The molecular formula is C13H15FN2OS. The highest BCUT2D eigenvalue weighted by Gasteiger charge is 2.06. The average Bonchev–Trinajstić information content (AvgIpc) is 2.85. The minimum absolute atomic E-state index is 0.254. The molecule has 1 aromatic heterocycles. The summed E-state index contributed by atoms with van der Waals surface area (Å²) in [7, 11) is 0. The molecule has 1 aromatic carbocycles. The quantitative estimate of drug-likeness (QED) is 0.905. The summed E-state index contributed by atoms with van der Waals surface area (Å²) < 4.78 is 18.6. The number of aryl methyl sites for hydroxylation is 1. The van der Waals surface area contributed by atoms with E-state index in [1.807, 2.05) is 5.38 Å². The molecule has 5 heteroatoms. The second-order valence-electron chi connectivity index (χ2n) is 3.83. The number of nitrogens with zero attached hydrogens (tertiary/aromatic N) is 1. The Balaban J connectivity index is 2.05. The van der Waals surface area contributed by atoms with Crippen LogP contribution in [0.15, 0.2) is 23.6 Å². The summed E-state index contributed by atoms with van der Waals surface area (Å²) in [5.41, 5.74) is 7.11. The monoisotopic (exact) mass is 266 g/mol. The first kappa shape index (κ1) is 13.0. The van der Waals surface area contributed by atoms with Gasteiger partial charge in [0, 0.05) is 17.5 Å². The molecule has 3 nitrogen and oxygen atoms in total. The summed E-state index contributed by atoms with van der Waals surface area (Å²) in [6, 6.07) is 4.37. The number of rotatable bonds is 5. The predicted octanol–water partition coefficient (Wildman–Crippen LogP) is 2.88. The molecule has 1 heterocycles. The second-order valence-corrected chi connectivity index (χ2v) is 4.77. The number of nitrogens with two attached hydrogens (primary N) is 1. The van der Waals surface area contributed by atoms with Crippen molar-refractivity contribution in [2.24, 2.45) is 5.73 Å². The van der Waals surface area contributed by atoms with Gasteiger partial charge in [-0.25, -0.2) is 9.37 Å². The van der Waals surface area contributed by atoms with E-state index < -0.39 is 0 Å². The Morgan fingerprint density at radius 2 is 2.28 bits per heavy atom. The Labute approximate surface area is 109 Å². The van der Waals surface area contributed by atoms with Crippen molar-refractivity contribution in [3.8, 4) is 5.75 Å². The Kier molecular flexibility index (Phi) is 4.28. The molecule has 0 aliphatic carbocycles. The maximum absolute atomic E-state index is 13.0. The Morgan fingerprint density at radius 3 is 2.94 bits per heavy atom. The summed E-state index contributed by atoms with van der Waals surface area (Å²) in [4.78, 5) is 4.41. The fraction of sp³-hybridized carbons (Fsp3) is 0.308. The normalized spacial score (nSPS) is 10.6. The molecule has 2 rings (SSSR count). The number of ether oxygens (including phenoxy) is 1. The van der Waals surface area contributed by atoms with Gasteiger partial charge >= 0.3 is 0 Å². The van der Waals surface area contributed by atoms with Crippen LogP contribution in [0.5, 0.6) is 5.75 Å². The molecule has 96 valence electrons. The van der Waals surface area contributed by atoms with Crippen molar-refractivity contribution in [1.29, 1.82) is 0 Å². The first-order valence-electron chi connectivity index (χ1n) is 5.77. The largest absolute Gasteiger partial charge is 0.487 e. The lowest BCUT2D eigenvalue weighted by Crippen LogP contribution is -2.03. The third-order valence-electron chi connectivity index (χ3n) is 2.52. The van der Waals surface area contributed by atoms with Crippen molar-refractivity contribution in [2.75, 3.05) is 0 Å². The first-order chi connectivity index (χ1) is 8.72. The first-order valence-corrected chi connectivity index (χ1v) is 6.65. The molecular weight excluding hydrogens is 251 g/mol. The van der Waals surface area contributed by atoms with Gasteiger partial charge in [0.05, 0.1) is 10.7 Å². The molecule has 2 N–H and O–H groups in total. The van der Waals surface area contributed by atoms with Gasteiger partial charge in [-0.1, -0.05) is 6.92 Å². The van der Waals surface area contributed by atoms with Gasteiger partial charge in [0.15, 0.2) is 0 Å². The Morgan fingerprint density at radius 1 is 1.44 bits per heavy atom. The van der Waals surface area contributed by atoms with Gasteiger partial charge in [-0.2, -0.15) is 0 Å². The van der Waals surface area contributed by atoms with Gasteiger partial charge in [0.2, 0.25) is 0 Å². The zero-order valence-corrected chi connectivity index (χ0v) is 11.0. The van der Waals surface area contributed by atoms with E-state index in [4.69, 9.17) is 10.5 Å². The molecule has 0 spiro atoms. The number of thiazole rings is 1. The molecule has 0 saturated carbocycles. The molecule has 0 atom stereocenters. The van der Waals surface area contributed by atoms with E-state index in [2.05, 4.69) is 11.9 Å². The maximum atomic E-state index is 13.0. The van der Waals surface area contributed by atoms with E-state index in [0.29, 0.717) is 17.9 Å². The zero-order chi connectivity index (χ0) is 13.0. The Bertz CT molecular complexity index is 527. The fourth-order valence-corrected chi connectivity index (χ4v) is 2.31. The second kappa shape index (κ2) is 5.93. The molecule has 0 fully saturated rings. The van der Waals surface area contributed by atoms with Crippen molar-refractivity contribution >= 4 is 11.3 Å². The van der Waals surface area contributed by atoms with Crippen LogP contribution in [0.1, 0.15) is 23.2 Å². The summed E-state index contributed by atoms with van der Waals surface area (Å²) in [6.07, 6.45) is 0.926. The van der Waals surface area contributed by atoms with E-state index in [9.17, 15) is 4.39 Å². The highest BCUT2D eigenvalue weighted by molar-refractivity contribution is 7.09. The van der Waals surface area contributed by atoms with Gasteiger partial charge in [-0.05, 0) is 24.6 Å². The summed E-state index contributed by atoms with van der Waals surface area (Å²) in [5.74, 6) is 0.315. The molecule has 2 aromatic rings. The molecule has 0 amide bonds. The minimum Gasteiger partial charge on any atom is -0.487 e. The van der Waals surface area contributed by atoms with E-state index >= 15 is 0 Å². The molecule has 18 heavy (non-hydrogen) atoms. The highest BCUT2D eigenvalue weighted by Crippen LogP contribution is 2.21. The lowest BCUT2D eigenvalue weighted by Gasteiger charge is -2.09. The van der Waals surface area contributed by atoms with Gasteiger partial charge < -0.3 is 10.5 Å². The van der Waals surface area contributed by atoms with Crippen LogP contribution < -0.4 is 10.5 Å². The molecule has 0 bridgehead atoms. The number of hydrogen-bond acceptors (Lipinski definition) is 4. The topological polar surface area (TPSA) is 48.1 Å². The third kappa shape index (κ3) is 3.05. The number of aromatic nitrogens is 1. The molecule has 0 unspecified atom stereocenters. The maximum Gasteiger partial charge on any atom is 0.131 e. The van der Waals surface area contributed by atoms with Gasteiger partial charge in [-0.3, -0.25) is 0 Å². The standard InChI is InChI=1S/C13H15FN2OS/c1-2-13-16-11(8-18-13)7-17-12-4-3-10(14)5-9(12)6-15/h3-5,8H,2,6-7,15H2,1H3. The minimum atomic E-state index is -0.301. The van der Waals surface area contributed by atoms with Gasteiger partial charge in [-0.15, -0.1) is 11.3 Å². The van der Waals surface area contributed by atoms with Crippen LogP contribution in [0.3, 0.4) is 0 Å². The van der Waals surface area contributed by atoms with Crippen molar-refractivity contribution < 1.29 is 9.13 Å². The van der Waals surface area contributed by atoms with Crippen LogP contribution in [-0.4, -0.2) is 4.98 Å². The van der Waals surface area contributed by atoms with Crippen LogP contribution in [0, 0.1) is 5.82 Å². The van der Waals surface area contributed by atoms with Crippen molar-refractivity contribution in [1.82, 2.24) is 4.98 Å². The average molecular weight is 266 g/mol. The fourth-order valence-electron chi connectivity index (χ4n) is 1.58. The van der Waals surface area contributed by atoms with Crippen molar-refractivity contribution in [2.45, 2.75) is 26.5 Å². The van der Waals surface area contributed by atoms with Crippen LogP contribution in [-0.2, 0) is 19.6 Å². The van der Waals surface area contributed by atoms with Crippen LogP contribution >= 0.6 is 11.3 Å². The predicted molar refractivity (Wildman–Crippen MR) is 70.1 cm³/mol. The lowest BCUT2D eigenvalue weighted by molar-refractivity contribution is 0.298. The van der Waals surface area contributed by atoms with Gasteiger partial charge in [0.1, 0.15) is 18.2 Å². The van der Waals surface area contributed by atoms with Crippen LogP contribution in [0.4, 0.5) is 4.39 Å². The zero-order valence-electron chi connectivity index (χ0n) is 10.1. The number of halogens is 1. The van der Waals surface area contributed by atoms with E-state index in [1.165, 1.54) is 12.1 Å². The summed E-state index contributed by atoms with van der Waals surface area (Å²) in [5, 5.41) is 3.07. The van der Waals surface area contributed by atoms with E-state index in [1.54, 1.807) is 17.4 Å². The summed E-state index contributed by atoms with van der Waals surface area (Å²) >= 11 is 1.62. The number of benzene rings is 1. The summed E-state index contributed by atoms with van der Waals surface area (Å²) in [6.45, 7) is 2.70. The number of hydrogen-bond donors (Lipinski definition) is 1. The molecule has 0 radical (unpaired) electrons. The Hall–Kier alpha value is -1.46. The van der Waals surface area contributed by atoms with Crippen LogP contribution in [0.2, 0.25) is 0 Å². The molecule has 0 aliphatic heterocycles. The van der Waals surface area contributed by atoms with E-state index in [-0.39, 0.29) is 12.4 Å². The van der Waals surface area contributed by atoms with Crippen molar-refractivity contribution in [3.63, 3.8) is 0 Å².